The van der Waals surface area contributed by atoms with E-state index < -0.39 is 0 Å². The lowest BCUT2D eigenvalue weighted by Crippen LogP contribution is -2.70. The Kier molecular flexibility index (Phi) is 4.70. The smallest absolute Gasteiger partial charge is 0.225 e. The van der Waals surface area contributed by atoms with Crippen molar-refractivity contribution in [2.24, 2.45) is 5.92 Å². The summed E-state index contributed by atoms with van der Waals surface area (Å²) >= 11 is 0. The number of carbonyl (C=O) groups excluding carboxylic acids is 1. The van der Waals surface area contributed by atoms with Crippen LogP contribution in [0, 0.1) is 5.92 Å². The van der Waals surface area contributed by atoms with Crippen LogP contribution in [-0.2, 0) is 11.3 Å². The van der Waals surface area contributed by atoms with Crippen molar-refractivity contribution < 1.29 is 9.53 Å². The molecule has 142 valence electrons. The standard InChI is InChI=1S/C21H31N3O2/c1-21(2)15-22(12-16-4-8-19(26-3)9-5-16)13-18-14-23(10-11-24(18)21)20(25)17-6-7-17/h4-5,8-9,17-18H,6-7,10-15H2,1-3H3/t18-/m1/s1. The van der Waals surface area contributed by atoms with Gasteiger partial charge in [-0.15, -0.1) is 0 Å². The number of rotatable bonds is 4. The van der Waals surface area contributed by atoms with Crippen LogP contribution in [0.15, 0.2) is 24.3 Å². The maximum Gasteiger partial charge on any atom is 0.225 e. The van der Waals surface area contributed by atoms with E-state index in [2.05, 4.69) is 40.7 Å². The average Bonchev–Trinajstić information content (AvgIpc) is 3.46. The number of amides is 1. The molecule has 1 aromatic rings. The van der Waals surface area contributed by atoms with Crippen LogP contribution in [0.4, 0.5) is 0 Å². The van der Waals surface area contributed by atoms with Crippen molar-refractivity contribution in [3.05, 3.63) is 29.8 Å². The van der Waals surface area contributed by atoms with Crippen molar-refractivity contribution in [1.29, 1.82) is 0 Å². The van der Waals surface area contributed by atoms with E-state index in [-0.39, 0.29) is 5.54 Å². The zero-order valence-corrected chi connectivity index (χ0v) is 16.3. The van der Waals surface area contributed by atoms with Crippen molar-refractivity contribution in [2.45, 2.75) is 44.8 Å². The van der Waals surface area contributed by atoms with E-state index >= 15 is 0 Å². The Labute approximate surface area is 156 Å². The van der Waals surface area contributed by atoms with Crippen LogP contribution in [0.25, 0.3) is 0 Å². The fraction of sp³-hybridized carbons (Fsp3) is 0.667. The number of nitrogens with zero attached hydrogens (tertiary/aromatic N) is 3. The highest BCUT2D eigenvalue weighted by Gasteiger charge is 2.44. The van der Waals surface area contributed by atoms with E-state index in [0.717, 1.165) is 57.9 Å². The lowest BCUT2D eigenvalue weighted by atomic mass is 9.92. The summed E-state index contributed by atoms with van der Waals surface area (Å²) in [6, 6.07) is 8.82. The third kappa shape index (κ3) is 3.60. The second-order valence-electron chi connectivity index (χ2n) is 8.74. The van der Waals surface area contributed by atoms with Gasteiger partial charge < -0.3 is 9.64 Å². The molecule has 0 spiro atoms. The predicted octanol–water partition coefficient (Wildman–Crippen LogP) is 2.21. The third-order valence-corrected chi connectivity index (χ3v) is 6.14. The highest BCUT2D eigenvalue weighted by atomic mass is 16.5. The number of fused-ring (bicyclic) bond motifs is 1. The van der Waals surface area contributed by atoms with Gasteiger partial charge in [0.15, 0.2) is 0 Å². The summed E-state index contributed by atoms with van der Waals surface area (Å²) in [6.45, 7) is 10.5. The highest BCUT2D eigenvalue weighted by Crippen LogP contribution is 2.34. The molecule has 26 heavy (non-hydrogen) atoms. The molecule has 1 saturated carbocycles. The van der Waals surface area contributed by atoms with Gasteiger partial charge in [0, 0.05) is 56.8 Å². The van der Waals surface area contributed by atoms with Gasteiger partial charge in [0.05, 0.1) is 7.11 Å². The van der Waals surface area contributed by atoms with Crippen LogP contribution in [0.1, 0.15) is 32.3 Å². The Morgan fingerprint density at radius 2 is 1.88 bits per heavy atom. The maximum absolute atomic E-state index is 12.5. The van der Waals surface area contributed by atoms with Crippen molar-refractivity contribution in [2.75, 3.05) is 39.8 Å². The van der Waals surface area contributed by atoms with E-state index in [1.54, 1.807) is 7.11 Å². The minimum Gasteiger partial charge on any atom is -0.497 e. The minimum absolute atomic E-state index is 0.143. The Morgan fingerprint density at radius 3 is 2.54 bits per heavy atom. The van der Waals surface area contributed by atoms with Gasteiger partial charge in [-0.25, -0.2) is 0 Å². The number of methoxy groups -OCH3 is 1. The van der Waals surface area contributed by atoms with Gasteiger partial charge in [-0.2, -0.15) is 0 Å². The molecule has 0 bridgehead atoms. The summed E-state index contributed by atoms with van der Waals surface area (Å²) in [7, 11) is 1.70. The number of hydrogen-bond donors (Lipinski definition) is 0. The fourth-order valence-corrected chi connectivity index (χ4v) is 4.71. The Balaban J connectivity index is 1.44. The molecule has 2 heterocycles. The van der Waals surface area contributed by atoms with E-state index in [0.29, 0.717) is 17.9 Å². The first kappa shape index (κ1) is 17.8. The number of carbonyl (C=O) groups is 1. The van der Waals surface area contributed by atoms with Crippen molar-refractivity contribution in [1.82, 2.24) is 14.7 Å². The van der Waals surface area contributed by atoms with Gasteiger partial charge in [-0.1, -0.05) is 12.1 Å². The van der Waals surface area contributed by atoms with Crippen LogP contribution in [0.3, 0.4) is 0 Å². The predicted molar refractivity (Wildman–Crippen MR) is 102 cm³/mol. The number of hydrogen-bond acceptors (Lipinski definition) is 4. The van der Waals surface area contributed by atoms with Crippen LogP contribution >= 0.6 is 0 Å². The summed E-state index contributed by atoms with van der Waals surface area (Å²) in [6.07, 6.45) is 2.19. The van der Waals surface area contributed by atoms with Gasteiger partial charge in [-0.05, 0) is 44.4 Å². The molecule has 0 radical (unpaired) electrons. The van der Waals surface area contributed by atoms with Crippen LogP contribution in [0.5, 0.6) is 5.75 Å². The van der Waals surface area contributed by atoms with Crippen molar-refractivity contribution in [3.8, 4) is 5.75 Å². The van der Waals surface area contributed by atoms with Gasteiger partial charge in [0.2, 0.25) is 5.91 Å². The molecule has 1 atom stereocenters. The topological polar surface area (TPSA) is 36.0 Å². The molecule has 4 rings (SSSR count). The zero-order chi connectivity index (χ0) is 18.3. The summed E-state index contributed by atoms with van der Waals surface area (Å²) in [4.78, 5) is 19.8. The molecule has 5 heteroatoms. The first-order chi connectivity index (χ1) is 12.5. The first-order valence-electron chi connectivity index (χ1n) is 9.87. The molecule has 1 aromatic carbocycles. The van der Waals surface area contributed by atoms with Gasteiger partial charge in [-0.3, -0.25) is 14.6 Å². The quantitative estimate of drug-likeness (QED) is 0.828. The highest BCUT2D eigenvalue weighted by molar-refractivity contribution is 5.81. The molecule has 0 aromatic heterocycles. The molecule has 2 aliphatic heterocycles. The lowest BCUT2D eigenvalue weighted by molar-refractivity contribution is -0.140. The van der Waals surface area contributed by atoms with Crippen LogP contribution in [-0.4, -0.2) is 72.0 Å². The Morgan fingerprint density at radius 1 is 1.15 bits per heavy atom. The van der Waals surface area contributed by atoms with E-state index in [9.17, 15) is 4.79 Å². The van der Waals surface area contributed by atoms with Gasteiger partial charge in [0.25, 0.3) is 0 Å². The fourth-order valence-electron chi connectivity index (χ4n) is 4.71. The monoisotopic (exact) mass is 357 g/mol. The first-order valence-corrected chi connectivity index (χ1v) is 9.87. The molecule has 0 N–H and O–H groups in total. The maximum atomic E-state index is 12.5. The van der Waals surface area contributed by atoms with Crippen LogP contribution < -0.4 is 4.74 Å². The molecular weight excluding hydrogens is 326 g/mol. The molecule has 1 aliphatic carbocycles. The van der Waals surface area contributed by atoms with Crippen molar-refractivity contribution >= 4 is 5.91 Å². The lowest BCUT2D eigenvalue weighted by Gasteiger charge is -2.55. The second kappa shape index (κ2) is 6.86. The van der Waals surface area contributed by atoms with E-state index in [1.165, 1.54) is 5.56 Å². The molecule has 0 unspecified atom stereocenters. The summed E-state index contributed by atoms with van der Waals surface area (Å²) in [5, 5.41) is 0. The van der Waals surface area contributed by atoms with E-state index in [1.807, 2.05) is 12.1 Å². The molecule has 3 fully saturated rings. The number of ether oxygens (including phenoxy) is 1. The SMILES string of the molecule is COc1ccc(CN2C[C@@H]3CN(C(=O)C4CC4)CCN3C(C)(C)C2)cc1. The minimum atomic E-state index is 0.143. The van der Waals surface area contributed by atoms with E-state index in [4.69, 9.17) is 4.74 Å². The number of benzene rings is 1. The average molecular weight is 357 g/mol. The molecule has 3 aliphatic rings. The normalized spacial score (nSPS) is 26.4. The summed E-state index contributed by atoms with van der Waals surface area (Å²) < 4.78 is 5.26. The number of piperazine rings is 2. The third-order valence-electron chi connectivity index (χ3n) is 6.14. The molecule has 1 amide bonds. The summed E-state index contributed by atoms with van der Waals surface area (Å²) in [5.74, 6) is 1.63. The second-order valence-corrected chi connectivity index (χ2v) is 8.74. The van der Waals surface area contributed by atoms with Crippen LogP contribution in [0.2, 0.25) is 0 Å². The van der Waals surface area contributed by atoms with Gasteiger partial charge >= 0.3 is 0 Å². The molecular formula is C21H31N3O2. The summed E-state index contributed by atoms with van der Waals surface area (Å²) in [5.41, 5.74) is 1.46. The Hall–Kier alpha value is -1.59. The van der Waals surface area contributed by atoms with Crippen molar-refractivity contribution in [3.63, 3.8) is 0 Å². The van der Waals surface area contributed by atoms with Gasteiger partial charge in [0.1, 0.15) is 5.75 Å². The zero-order valence-electron chi connectivity index (χ0n) is 16.3. The molecule has 2 saturated heterocycles. The largest absolute Gasteiger partial charge is 0.497 e. The molecule has 5 nitrogen and oxygen atoms in total. The Bertz CT molecular complexity index is 654.